The van der Waals surface area contributed by atoms with Gasteiger partial charge in [-0.1, -0.05) is 18.2 Å². The van der Waals surface area contributed by atoms with Gasteiger partial charge in [-0.15, -0.1) is 0 Å². The summed E-state index contributed by atoms with van der Waals surface area (Å²) in [7, 11) is 0. The van der Waals surface area contributed by atoms with E-state index in [1.165, 1.54) is 0 Å². The van der Waals surface area contributed by atoms with Gasteiger partial charge in [-0.25, -0.2) is 4.98 Å². The van der Waals surface area contributed by atoms with Gasteiger partial charge in [-0.05, 0) is 73.1 Å². The molecule has 0 atom stereocenters. The number of pyridine rings is 3. The van der Waals surface area contributed by atoms with Crippen LogP contribution in [-0.4, -0.2) is 26.3 Å². The molecule has 0 aliphatic carbocycles. The lowest BCUT2D eigenvalue weighted by atomic mass is 10.3. The van der Waals surface area contributed by atoms with Crippen molar-refractivity contribution in [3.05, 3.63) is 87.7 Å². The van der Waals surface area contributed by atoms with E-state index in [-0.39, 0.29) is 6.61 Å². The summed E-state index contributed by atoms with van der Waals surface area (Å²) >= 11 is 3.25. The van der Waals surface area contributed by atoms with E-state index >= 15 is 0 Å². The Morgan fingerprint density at radius 3 is 1.73 bits per heavy atom. The highest BCUT2D eigenvalue weighted by Crippen LogP contribution is 2.04. The number of nitrogens with zero attached hydrogens (tertiary/aromatic N) is 3. The summed E-state index contributed by atoms with van der Waals surface area (Å²) in [5, 5.41) is 8.60. The second kappa shape index (κ2) is 12.0. The van der Waals surface area contributed by atoms with Gasteiger partial charge in [0.05, 0.1) is 12.3 Å². The number of carbonyl (C=O) groups excluding carboxylic acids is 1. The molecule has 0 fully saturated rings. The van der Waals surface area contributed by atoms with Crippen molar-refractivity contribution in [3.8, 4) is 0 Å². The van der Waals surface area contributed by atoms with Crippen molar-refractivity contribution in [3.63, 3.8) is 0 Å². The average molecular weight is 416 g/mol. The van der Waals surface area contributed by atoms with Gasteiger partial charge >= 0.3 is 0 Å². The molecule has 0 unspecified atom stereocenters. The minimum absolute atomic E-state index is 0.0294. The fraction of sp³-hybridized carbons (Fsp3) is 0.200. The molecule has 26 heavy (non-hydrogen) atoms. The van der Waals surface area contributed by atoms with Crippen LogP contribution in [0.15, 0.2) is 59.2 Å². The standard InChI is InChI=1S/C7H9NO.C7H7NO.C6H6BrN/c2*1-6-3-2-4-7(5-9)8-6;1-5-3-2-4-6(7)8-5/h2-4,9H,5H2,1H3;2-5H,1H3;2-4H,1H3. The third-order valence-electron chi connectivity index (χ3n) is 2.99. The second-order valence-corrected chi connectivity index (χ2v) is 6.16. The van der Waals surface area contributed by atoms with E-state index in [2.05, 4.69) is 30.9 Å². The van der Waals surface area contributed by atoms with E-state index in [1.807, 2.05) is 63.2 Å². The lowest BCUT2D eigenvalue weighted by Gasteiger charge is -1.93. The van der Waals surface area contributed by atoms with Crippen LogP contribution >= 0.6 is 15.9 Å². The summed E-state index contributed by atoms with van der Waals surface area (Å²) in [5.74, 6) is 0. The average Bonchev–Trinajstić information content (AvgIpc) is 2.62. The number of aliphatic hydroxyl groups excluding tert-OH is 1. The van der Waals surface area contributed by atoms with Crippen LogP contribution < -0.4 is 0 Å². The zero-order valence-electron chi connectivity index (χ0n) is 15.1. The van der Waals surface area contributed by atoms with E-state index < -0.39 is 0 Å². The molecule has 136 valence electrons. The minimum atomic E-state index is 0.0294. The summed E-state index contributed by atoms with van der Waals surface area (Å²) < 4.78 is 0.900. The Morgan fingerprint density at radius 2 is 1.38 bits per heavy atom. The lowest BCUT2D eigenvalue weighted by Crippen LogP contribution is -1.89. The highest BCUT2D eigenvalue weighted by Gasteiger charge is 1.89. The molecule has 0 amide bonds. The normalized spacial score (nSPS) is 9.27. The molecule has 0 radical (unpaired) electrons. The van der Waals surface area contributed by atoms with Crippen molar-refractivity contribution in [2.24, 2.45) is 0 Å². The molecule has 0 aliphatic heterocycles. The third-order valence-corrected chi connectivity index (χ3v) is 3.43. The highest BCUT2D eigenvalue weighted by molar-refractivity contribution is 9.10. The lowest BCUT2D eigenvalue weighted by molar-refractivity contribution is 0.111. The molecule has 0 saturated carbocycles. The van der Waals surface area contributed by atoms with Crippen LogP contribution in [0.2, 0.25) is 0 Å². The van der Waals surface area contributed by atoms with Crippen LogP contribution in [0.25, 0.3) is 0 Å². The summed E-state index contributed by atoms with van der Waals surface area (Å²) in [4.78, 5) is 22.2. The molecule has 1 N–H and O–H groups in total. The number of rotatable bonds is 2. The molecule has 0 aliphatic rings. The topological polar surface area (TPSA) is 76.0 Å². The smallest absolute Gasteiger partial charge is 0.168 e. The maximum absolute atomic E-state index is 10.1. The van der Waals surface area contributed by atoms with Crippen molar-refractivity contribution in [2.45, 2.75) is 27.4 Å². The predicted octanol–water partition coefficient (Wildman–Crippen LogP) is 4.24. The number of hydrogen-bond donors (Lipinski definition) is 1. The van der Waals surface area contributed by atoms with Gasteiger partial charge in [0.1, 0.15) is 10.3 Å². The Kier molecular flexibility index (Phi) is 9.97. The number of aliphatic hydroxyl groups is 1. The van der Waals surface area contributed by atoms with Gasteiger partial charge in [0.2, 0.25) is 0 Å². The zero-order chi connectivity index (χ0) is 19.4. The van der Waals surface area contributed by atoms with Crippen molar-refractivity contribution in [1.29, 1.82) is 0 Å². The first-order chi connectivity index (χ1) is 12.4. The Hall–Kier alpha value is -2.44. The first-order valence-electron chi connectivity index (χ1n) is 7.96. The van der Waals surface area contributed by atoms with E-state index in [0.29, 0.717) is 5.69 Å². The minimum Gasteiger partial charge on any atom is -0.390 e. The van der Waals surface area contributed by atoms with Crippen molar-refractivity contribution in [1.82, 2.24) is 15.0 Å². The molecular formula is C20H22BrN3O2. The van der Waals surface area contributed by atoms with E-state index in [4.69, 9.17) is 5.11 Å². The first-order valence-corrected chi connectivity index (χ1v) is 8.75. The van der Waals surface area contributed by atoms with Gasteiger partial charge in [0.15, 0.2) is 6.29 Å². The maximum Gasteiger partial charge on any atom is 0.168 e. The molecule has 6 heteroatoms. The first kappa shape index (κ1) is 21.6. The Bertz CT molecular complexity index is 808. The summed E-state index contributed by atoms with van der Waals surface area (Å²) in [6.07, 6.45) is 0.743. The molecule has 3 aromatic heterocycles. The van der Waals surface area contributed by atoms with E-state index in [9.17, 15) is 4.79 Å². The van der Waals surface area contributed by atoms with Crippen LogP contribution in [-0.2, 0) is 6.61 Å². The van der Waals surface area contributed by atoms with Crippen LogP contribution in [0, 0.1) is 20.8 Å². The quantitative estimate of drug-likeness (QED) is 0.500. The molecule has 0 spiro atoms. The predicted molar refractivity (Wildman–Crippen MR) is 106 cm³/mol. The zero-order valence-corrected chi connectivity index (χ0v) is 16.6. The fourth-order valence-electron chi connectivity index (χ4n) is 1.83. The van der Waals surface area contributed by atoms with Crippen molar-refractivity contribution in [2.75, 3.05) is 0 Å². The van der Waals surface area contributed by atoms with Crippen LogP contribution in [0.5, 0.6) is 0 Å². The van der Waals surface area contributed by atoms with Crippen molar-refractivity contribution >= 4 is 22.2 Å². The monoisotopic (exact) mass is 415 g/mol. The summed E-state index contributed by atoms with van der Waals surface area (Å²) in [6.45, 7) is 5.75. The molecule has 0 saturated heterocycles. The van der Waals surface area contributed by atoms with Gasteiger partial charge in [0, 0.05) is 17.1 Å². The number of aldehydes is 1. The van der Waals surface area contributed by atoms with Gasteiger partial charge < -0.3 is 5.11 Å². The van der Waals surface area contributed by atoms with Gasteiger partial charge in [-0.3, -0.25) is 14.8 Å². The molecule has 3 aromatic rings. The number of aryl methyl sites for hydroxylation is 3. The van der Waals surface area contributed by atoms with Crippen LogP contribution in [0.1, 0.15) is 33.3 Å². The number of carbonyl (C=O) groups is 1. The van der Waals surface area contributed by atoms with Crippen LogP contribution in [0.4, 0.5) is 0 Å². The molecule has 0 aromatic carbocycles. The van der Waals surface area contributed by atoms with Crippen molar-refractivity contribution < 1.29 is 9.90 Å². The Balaban J connectivity index is 0.000000195. The third kappa shape index (κ3) is 9.15. The second-order valence-electron chi connectivity index (χ2n) is 5.35. The molecule has 5 nitrogen and oxygen atoms in total. The summed E-state index contributed by atoms with van der Waals surface area (Å²) in [6, 6.07) is 16.8. The van der Waals surface area contributed by atoms with E-state index in [1.54, 1.807) is 12.1 Å². The largest absolute Gasteiger partial charge is 0.390 e. The highest BCUT2D eigenvalue weighted by atomic mass is 79.9. The Labute approximate surface area is 162 Å². The van der Waals surface area contributed by atoms with Gasteiger partial charge in [0.25, 0.3) is 0 Å². The SMILES string of the molecule is Cc1cccc(Br)n1.Cc1cccc(C=O)n1.Cc1cccc(CO)n1. The van der Waals surface area contributed by atoms with E-state index in [0.717, 1.165) is 33.7 Å². The maximum atomic E-state index is 10.1. The Morgan fingerprint density at radius 1 is 0.846 bits per heavy atom. The molecule has 3 rings (SSSR count). The molecule has 0 bridgehead atoms. The molecular weight excluding hydrogens is 394 g/mol. The number of halogens is 1. The van der Waals surface area contributed by atoms with Crippen LogP contribution in [0.3, 0.4) is 0 Å². The molecule has 3 heterocycles. The number of aromatic nitrogens is 3. The summed E-state index contributed by atoms with van der Waals surface area (Å²) in [5.41, 5.74) is 4.09. The number of hydrogen-bond acceptors (Lipinski definition) is 5. The fourth-order valence-corrected chi connectivity index (χ4v) is 2.26. The van der Waals surface area contributed by atoms with Gasteiger partial charge in [-0.2, -0.15) is 0 Å².